The third kappa shape index (κ3) is 7.85. The van der Waals surface area contributed by atoms with Crippen molar-refractivity contribution < 1.29 is 47.9 Å². The summed E-state index contributed by atoms with van der Waals surface area (Å²) >= 11 is 0. The molecule has 1 aliphatic heterocycles. The van der Waals surface area contributed by atoms with Gasteiger partial charge in [0.1, 0.15) is 24.2 Å². The number of ketones is 1. The normalized spacial score (nSPS) is 33.9. The van der Waals surface area contributed by atoms with Crippen LogP contribution >= 0.6 is 0 Å². The number of aliphatic hydroxyl groups is 2. The van der Waals surface area contributed by atoms with Crippen LogP contribution in [0, 0.1) is 23.2 Å². The molecule has 1 heterocycles. The van der Waals surface area contributed by atoms with Crippen LogP contribution in [0.3, 0.4) is 0 Å². The fourth-order valence-electron chi connectivity index (χ4n) is 8.30. The molecule has 0 unspecified atom stereocenters. The Labute approximate surface area is 295 Å². The molecule has 0 radical (unpaired) electrons. The van der Waals surface area contributed by atoms with Crippen molar-refractivity contribution in [2.45, 2.75) is 141 Å². The zero-order valence-corrected chi connectivity index (χ0v) is 33.1. The Balaban J connectivity index is 1.89. The summed E-state index contributed by atoms with van der Waals surface area (Å²) in [6.45, 7) is 20.9. The van der Waals surface area contributed by atoms with Gasteiger partial charge in [-0.05, 0) is 75.4 Å². The first-order chi connectivity index (χ1) is 22.7. The topological polar surface area (TPSA) is 122 Å². The predicted molar refractivity (Wildman–Crippen MR) is 190 cm³/mol. The first-order valence-electron chi connectivity index (χ1n) is 17.9. The maximum atomic E-state index is 14.9. The van der Waals surface area contributed by atoms with E-state index in [1.165, 1.54) is 0 Å². The number of carbonyl (C=O) groups excluding carboxylic acids is 1. The summed E-state index contributed by atoms with van der Waals surface area (Å²) in [6, 6.07) is 7.65. The van der Waals surface area contributed by atoms with Crippen molar-refractivity contribution in [1.29, 1.82) is 0 Å². The summed E-state index contributed by atoms with van der Waals surface area (Å²) in [6.07, 6.45) is -0.413. The van der Waals surface area contributed by atoms with Gasteiger partial charge in [0.15, 0.2) is 19.9 Å². The molecule has 3 aliphatic rings. The monoisotopic (exact) mass is 708 g/mol. The van der Waals surface area contributed by atoms with E-state index in [1.54, 1.807) is 14.2 Å². The van der Waals surface area contributed by atoms with Crippen molar-refractivity contribution in [3.05, 3.63) is 29.8 Å². The van der Waals surface area contributed by atoms with Crippen molar-refractivity contribution in [2.24, 2.45) is 23.2 Å². The molecule has 4 rings (SSSR count). The van der Waals surface area contributed by atoms with E-state index in [9.17, 15) is 15.0 Å². The molecular formula is C38H64O10Si. The van der Waals surface area contributed by atoms with E-state index >= 15 is 0 Å². The smallest absolute Gasteiger partial charge is 0.192 e. The molecule has 1 saturated heterocycles. The van der Waals surface area contributed by atoms with Crippen LogP contribution < -0.4 is 4.74 Å². The molecule has 3 fully saturated rings. The third-order valence-corrected chi connectivity index (χ3v) is 16.9. The Morgan fingerprint density at radius 2 is 1.71 bits per heavy atom. The van der Waals surface area contributed by atoms with Crippen molar-refractivity contribution >= 4 is 14.1 Å². The second-order valence-electron chi connectivity index (χ2n) is 17.1. The van der Waals surface area contributed by atoms with Crippen LogP contribution in [0.25, 0.3) is 0 Å². The zero-order chi connectivity index (χ0) is 36.6. The number of aliphatic hydroxyl groups excluding tert-OH is 1. The molecular weight excluding hydrogens is 644 g/mol. The SMILES string of the molecule is COCO[C@H]1C(=O)[C@H](C)[C@@H]([C@@]2([C@@H](CCO)OCc3ccc(OC)cc3)COC(C)(C)O2)C[C@H](O[Si](C)(C)C(C)(C)C)[C@@]2(O)CC[C@H]1C2(C)C. The number of Topliss-reactive ketones (excluding diaryl/α,β-unsaturated/α-hetero) is 1. The molecule has 2 bridgehead atoms. The molecule has 10 nitrogen and oxygen atoms in total. The summed E-state index contributed by atoms with van der Waals surface area (Å²) in [5.74, 6) is -1.71. The summed E-state index contributed by atoms with van der Waals surface area (Å²) in [5.41, 5.74) is -2.23. The number of benzene rings is 1. The minimum atomic E-state index is -2.45. The van der Waals surface area contributed by atoms with Gasteiger partial charge in [0.05, 0.1) is 38.1 Å². The van der Waals surface area contributed by atoms with Gasteiger partial charge in [-0.15, -0.1) is 0 Å². The maximum Gasteiger partial charge on any atom is 0.192 e. The van der Waals surface area contributed by atoms with Crippen LogP contribution in [0.1, 0.15) is 86.6 Å². The fraction of sp³-hybridized carbons (Fsp3) is 0.816. The van der Waals surface area contributed by atoms with Crippen molar-refractivity contribution in [2.75, 3.05) is 34.2 Å². The van der Waals surface area contributed by atoms with Gasteiger partial charge in [0.2, 0.25) is 0 Å². The summed E-state index contributed by atoms with van der Waals surface area (Å²) in [5, 5.41) is 23.3. The summed E-state index contributed by atoms with van der Waals surface area (Å²) < 4.78 is 44.3. The number of ether oxygens (including phenoxy) is 6. The highest BCUT2D eigenvalue weighted by Gasteiger charge is 2.66. The van der Waals surface area contributed by atoms with Gasteiger partial charge in [-0.3, -0.25) is 4.79 Å². The Morgan fingerprint density at radius 3 is 2.24 bits per heavy atom. The zero-order valence-electron chi connectivity index (χ0n) is 32.1. The largest absolute Gasteiger partial charge is 0.497 e. The lowest BCUT2D eigenvalue weighted by Crippen LogP contribution is -2.61. The second-order valence-corrected chi connectivity index (χ2v) is 21.8. The van der Waals surface area contributed by atoms with Gasteiger partial charge in [0.25, 0.3) is 0 Å². The van der Waals surface area contributed by atoms with Crippen LogP contribution in [0.4, 0.5) is 0 Å². The Kier molecular flexibility index (Phi) is 12.3. The standard InChI is InChI=1S/C38H64O10Si/c1-25-29(37(23-46-36(7,8)48-37)30(18-20-39)44-22-26-13-15-27(43-10)16-14-26)21-31(47-49(11,12)34(2,3)4)38(41)19-17-28(35(38,5)6)33(32(25)40)45-24-42-9/h13-16,25,28-31,33,39,41H,17-24H2,1-12H3/t25-,28-,29+,30-,31+,33-,37-,38+/m1/s1. The van der Waals surface area contributed by atoms with Crippen molar-refractivity contribution in [1.82, 2.24) is 0 Å². The minimum Gasteiger partial charge on any atom is -0.497 e. The highest BCUT2D eigenvalue weighted by Crippen LogP contribution is 2.59. The Hall–Kier alpha value is -1.41. The van der Waals surface area contributed by atoms with Crippen LogP contribution in [-0.4, -0.2) is 93.8 Å². The minimum absolute atomic E-state index is 0.0431. The number of fused-ring (bicyclic) bond motifs is 2. The molecule has 0 aromatic heterocycles. The number of rotatable bonds is 13. The quantitative estimate of drug-likeness (QED) is 0.180. The Morgan fingerprint density at radius 1 is 1.06 bits per heavy atom. The number of methoxy groups -OCH3 is 2. The predicted octanol–water partition coefficient (Wildman–Crippen LogP) is 6.26. The summed E-state index contributed by atoms with van der Waals surface area (Å²) in [7, 11) is 0.719. The molecule has 0 amide bonds. The number of hydrogen-bond donors (Lipinski definition) is 2. The first kappa shape index (κ1) is 40.4. The Bertz CT molecular complexity index is 1260. The molecule has 2 aliphatic carbocycles. The third-order valence-electron chi connectivity index (χ3n) is 12.4. The number of hydrogen-bond acceptors (Lipinski definition) is 10. The van der Waals surface area contributed by atoms with Gasteiger partial charge >= 0.3 is 0 Å². The van der Waals surface area contributed by atoms with Crippen LogP contribution in [-0.2, 0) is 39.5 Å². The molecule has 2 N–H and O–H groups in total. The molecule has 1 aromatic rings. The molecule has 2 saturated carbocycles. The van der Waals surface area contributed by atoms with Gasteiger partial charge in [-0.25, -0.2) is 0 Å². The lowest BCUT2D eigenvalue weighted by atomic mass is 9.67. The van der Waals surface area contributed by atoms with E-state index in [2.05, 4.69) is 47.7 Å². The maximum absolute atomic E-state index is 14.9. The van der Waals surface area contributed by atoms with Crippen LogP contribution in [0.15, 0.2) is 24.3 Å². The van der Waals surface area contributed by atoms with Gasteiger partial charge in [-0.1, -0.05) is 53.7 Å². The fourth-order valence-corrected chi connectivity index (χ4v) is 9.65. The summed E-state index contributed by atoms with van der Waals surface area (Å²) in [4.78, 5) is 14.9. The van der Waals surface area contributed by atoms with Gasteiger partial charge < -0.3 is 43.1 Å². The van der Waals surface area contributed by atoms with E-state index in [0.29, 0.717) is 19.3 Å². The van der Waals surface area contributed by atoms with E-state index < -0.39 is 60.9 Å². The van der Waals surface area contributed by atoms with Crippen molar-refractivity contribution in [3.8, 4) is 5.75 Å². The average Bonchev–Trinajstić information content (AvgIpc) is 3.48. The van der Waals surface area contributed by atoms with E-state index in [-0.39, 0.29) is 49.8 Å². The van der Waals surface area contributed by atoms with E-state index in [0.717, 1.165) is 11.3 Å². The molecule has 280 valence electrons. The highest BCUT2D eigenvalue weighted by atomic mass is 28.4. The van der Waals surface area contributed by atoms with Gasteiger partial charge in [-0.2, -0.15) is 0 Å². The van der Waals surface area contributed by atoms with E-state index in [4.69, 9.17) is 32.8 Å². The first-order valence-corrected chi connectivity index (χ1v) is 20.8. The van der Waals surface area contributed by atoms with E-state index in [1.807, 2.05) is 45.0 Å². The molecule has 0 spiro atoms. The van der Waals surface area contributed by atoms with Crippen LogP contribution in [0.2, 0.25) is 18.1 Å². The van der Waals surface area contributed by atoms with Crippen LogP contribution in [0.5, 0.6) is 5.75 Å². The van der Waals surface area contributed by atoms with Gasteiger partial charge in [0, 0.05) is 36.9 Å². The lowest BCUT2D eigenvalue weighted by molar-refractivity contribution is -0.226. The van der Waals surface area contributed by atoms with Crippen molar-refractivity contribution in [3.63, 3.8) is 0 Å². The molecule has 11 heteroatoms. The molecule has 1 aromatic carbocycles. The number of carbonyl (C=O) groups is 1. The second kappa shape index (κ2) is 14.9. The molecule has 49 heavy (non-hydrogen) atoms. The molecule has 8 atom stereocenters. The highest BCUT2D eigenvalue weighted by molar-refractivity contribution is 6.74. The average molecular weight is 709 g/mol. The lowest BCUT2D eigenvalue weighted by Gasteiger charge is -2.51.